The lowest BCUT2D eigenvalue weighted by atomic mass is 10.1. The van der Waals surface area contributed by atoms with Crippen molar-refractivity contribution in [2.75, 3.05) is 0 Å². The first-order valence-corrected chi connectivity index (χ1v) is 7.28. The third-order valence-electron chi connectivity index (χ3n) is 3.48. The number of hydrogen-bond acceptors (Lipinski definition) is 5. The van der Waals surface area contributed by atoms with Crippen molar-refractivity contribution in [2.45, 2.75) is 6.54 Å². The average molecular weight is 324 g/mol. The van der Waals surface area contributed by atoms with Gasteiger partial charge in [-0.2, -0.15) is 10.2 Å². The molecule has 0 bridgehead atoms. The first-order chi connectivity index (χ1) is 11.5. The van der Waals surface area contributed by atoms with Gasteiger partial charge in [-0.15, -0.1) is 0 Å². The van der Waals surface area contributed by atoms with Crippen LogP contribution in [-0.4, -0.2) is 30.5 Å². The Labute approximate surface area is 137 Å². The number of hydrogen-bond donors (Lipinski definition) is 1. The van der Waals surface area contributed by atoms with Crippen molar-refractivity contribution in [3.63, 3.8) is 0 Å². The van der Waals surface area contributed by atoms with E-state index in [1.165, 1.54) is 19.2 Å². The van der Waals surface area contributed by atoms with Crippen LogP contribution in [0.3, 0.4) is 0 Å². The van der Waals surface area contributed by atoms with Crippen molar-refractivity contribution >= 4 is 5.91 Å². The zero-order valence-electron chi connectivity index (χ0n) is 13.3. The van der Waals surface area contributed by atoms with Crippen molar-refractivity contribution in [3.05, 3.63) is 64.6 Å². The SMILES string of the molecule is Cn1cc(-c2cncc(CNC(=O)c3ccc(=O)n(C)n3)c2)cn1. The number of aromatic nitrogens is 5. The van der Waals surface area contributed by atoms with E-state index in [9.17, 15) is 9.59 Å². The molecule has 122 valence electrons. The third kappa shape index (κ3) is 3.37. The largest absolute Gasteiger partial charge is 0.347 e. The van der Waals surface area contributed by atoms with Crippen molar-refractivity contribution in [1.29, 1.82) is 0 Å². The molecule has 24 heavy (non-hydrogen) atoms. The summed E-state index contributed by atoms with van der Waals surface area (Å²) >= 11 is 0. The minimum Gasteiger partial charge on any atom is -0.347 e. The Morgan fingerprint density at radius 3 is 2.71 bits per heavy atom. The van der Waals surface area contributed by atoms with Crippen LogP contribution >= 0.6 is 0 Å². The minimum absolute atomic E-state index is 0.188. The topological polar surface area (TPSA) is 94.7 Å². The van der Waals surface area contributed by atoms with Gasteiger partial charge in [0, 0.05) is 56.4 Å². The van der Waals surface area contributed by atoms with Gasteiger partial charge in [0.25, 0.3) is 11.5 Å². The van der Waals surface area contributed by atoms with E-state index in [-0.39, 0.29) is 17.2 Å². The highest BCUT2D eigenvalue weighted by molar-refractivity contribution is 5.91. The second-order valence-electron chi connectivity index (χ2n) is 5.35. The van der Waals surface area contributed by atoms with E-state index in [2.05, 4.69) is 20.5 Å². The van der Waals surface area contributed by atoms with E-state index in [1.54, 1.807) is 23.3 Å². The summed E-state index contributed by atoms with van der Waals surface area (Å²) in [6, 6.07) is 4.66. The second kappa shape index (κ2) is 6.45. The van der Waals surface area contributed by atoms with Gasteiger partial charge in [0.1, 0.15) is 5.69 Å². The quantitative estimate of drug-likeness (QED) is 0.754. The molecule has 0 atom stereocenters. The highest BCUT2D eigenvalue weighted by Crippen LogP contribution is 2.18. The Balaban J connectivity index is 1.71. The molecule has 0 saturated carbocycles. The first-order valence-electron chi connectivity index (χ1n) is 7.28. The van der Waals surface area contributed by atoms with Gasteiger partial charge in [0.15, 0.2) is 0 Å². The highest BCUT2D eigenvalue weighted by Gasteiger charge is 2.09. The maximum atomic E-state index is 12.1. The normalized spacial score (nSPS) is 10.6. The lowest BCUT2D eigenvalue weighted by Gasteiger charge is -2.06. The summed E-state index contributed by atoms with van der Waals surface area (Å²) < 4.78 is 2.84. The van der Waals surface area contributed by atoms with Crippen LogP contribution in [0.2, 0.25) is 0 Å². The summed E-state index contributed by atoms with van der Waals surface area (Å²) in [4.78, 5) is 27.6. The van der Waals surface area contributed by atoms with Gasteiger partial charge in [0.2, 0.25) is 0 Å². The second-order valence-corrected chi connectivity index (χ2v) is 5.35. The summed E-state index contributed by atoms with van der Waals surface area (Å²) in [5.41, 5.74) is 2.66. The summed E-state index contributed by atoms with van der Waals surface area (Å²) in [5, 5.41) is 10.8. The lowest BCUT2D eigenvalue weighted by Crippen LogP contribution is -2.28. The van der Waals surface area contributed by atoms with Crippen LogP contribution in [0.15, 0.2) is 47.8 Å². The van der Waals surface area contributed by atoms with Crippen LogP contribution in [0, 0.1) is 0 Å². The molecule has 0 aliphatic rings. The Hall–Kier alpha value is -3.29. The number of amides is 1. The molecule has 3 heterocycles. The maximum Gasteiger partial charge on any atom is 0.271 e. The molecule has 0 fully saturated rings. The molecule has 3 aromatic heterocycles. The molecule has 3 rings (SSSR count). The zero-order chi connectivity index (χ0) is 17.1. The molecule has 8 nitrogen and oxygen atoms in total. The van der Waals surface area contributed by atoms with Crippen LogP contribution in [0.25, 0.3) is 11.1 Å². The van der Waals surface area contributed by atoms with Crippen LogP contribution in [0.1, 0.15) is 16.1 Å². The third-order valence-corrected chi connectivity index (χ3v) is 3.48. The minimum atomic E-state index is -0.350. The van der Waals surface area contributed by atoms with Crippen LogP contribution < -0.4 is 10.9 Å². The Kier molecular flexibility index (Phi) is 4.19. The number of carbonyl (C=O) groups excluding carboxylic acids is 1. The molecule has 0 aliphatic heterocycles. The molecule has 0 saturated heterocycles. The smallest absolute Gasteiger partial charge is 0.271 e. The fourth-order valence-electron chi connectivity index (χ4n) is 2.21. The van der Waals surface area contributed by atoms with Gasteiger partial charge in [-0.1, -0.05) is 0 Å². The van der Waals surface area contributed by atoms with Gasteiger partial charge in [0.05, 0.1) is 6.20 Å². The Morgan fingerprint density at radius 2 is 2.00 bits per heavy atom. The standard InChI is InChI=1S/C16H16N6O2/c1-21-10-13(9-19-21)12-5-11(6-17-8-12)7-18-16(24)14-3-4-15(23)22(2)20-14/h3-6,8-10H,7H2,1-2H3,(H,18,24). The monoisotopic (exact) mass is 324 g/mol. The van der Waals surface area contributed by atoms with E-state index in [4.69, 9.17) is 0 Å². The van der Waals surface area contributed by atoms with Crippen molar-refractivity contribution < 1.29 is 4.79 Å². The van der Waals surface area contributed by atoms with E-state index in [0.29, 0.717) is 6.54 Å². The van der Waals surface area contributed by atoms with E-state index in [1.807, 2.05) is 19.3 Å². The fraction of sp³-hybridized carbons (Fsp3) is 0.188. The number of carbonyl (C=O) groups is 1. The molecule has 3 aromatic rings. The summed E-state index contributed by atoms with van der Waals surface area (Å²) in [6.07, 6.45) is 7.09. The lowest BCUT2D eigenvalue weighted by molar-refractivity contribution is 0.0943. The van der Waals surface area contributed by atoms with Gasteiger partial charge in [-0.25, -0.2) is 4.68 Å². The van der Waals surface area contributed by atoms with Crippen molar-refractivity contribution in [1.82, 2.24) is 29.9 Å². The predicted octanol–water partition coefficient (Wildman–Crippen LogP) is 0.506. The zero-order valence-corrected chi connectivity index (χ0v) is 13.3. The molecule has 0 spiro atoms. The summed E-state index contributed by atoms with van der Waals surface area (Å²) in [6.45, 7) is 0.310. The van der Waals surface area contributed by atoms with E-state index >= 15 is 0 Å². The maximum absolute atomic E-state index is 12.1. The molecule has 0 aromatic carbocycles. The molecular weight excluding hydrogens is 308 g/mol. The first kappa shape index (κ1) is 15.6. The number of rotatable bonds is 4. The van der Waals surface area contributed by atoms with Crippen LogP contribution in [0.5, 0.6) is 0 Å². The highest BCUT2D eigenvalue weighted by atomic mass is 16.2. The molecule has 1 N–H and O–H groups in total. The Bertz CT molecular complexity index is 943. The molecule has 8 heteroatoms. The number of nitrogens with one attached hydrogen (secondary N) is 1. The van der Waals surface area contributed by atoms with E-state index < -0.39 is 0 Å². The molecule has 0 unspecified atom stereocenters. The van der Waals surface area contributed by atoms with Crippen LogP contribution in [-0.2, 0) is 20.6 Å². The van der Waals surface area contributed by atoms with Gasteiger partial charge in [-0.3, -0.25) is 19.3 Å². The average Bonchev–Trinajstić information content (AvgIpc) is 3.02. The molecule has 1 amide bonds. The summed E-state index contributed by atoms with van der Waals surface area (Å²) in [7, 11) is 3.35. The molecule has 0 radical (unpaired) electrons. The fourth-order valence-corrected chi connectivity index (χ4v) is 2.21. The van der Waals surface area contributed by atoms with Crippen LogP contribution in [0.4, 0.5) is 0 Å². The Morgan fingerprint density at radius 1 is 1.17 bits per heavy atom. The van der Waals surface area contributed by atoms with Gasteiger partial charge < -0.3 is 5.32 Å². The van der Waals surface area contributed by atoms with Crippen molar-refractivity contribution in [2.24, 2.45) is 14.1 Å². The number of nitrogens with zero attached hydrogens (tertiary/aromatic N) is 5. The molecular formula is C16H16N6O2. The summed E-state index contributed by atoms with van der Waals surface area (Å²) in [5.74, 6) is -0.350. The van der Waals surface area contributed by atoms with Gasteiger partial charge >= 0.3 is 0 Å². The van der Waals surface area contributed by atoms with Crippen molar-refractivity contribution in [3.8, 4) is 11.1 Å². The van der Waals surface area contributed by atoms with E-state index in [0.717, 1.165) is 21.4 Å². The number of aryl methyl sites for hydroxylation is 2. The molecule has 0 aliphatic carbocycles. The predicted molar refractivity (Wildman–Crippen MR) is 87.1 cm³/mol. The van der Waals surface area contributed by atoms with Gasteiger partial charge in [-0.05, 0) is 17.7 Å². The number of pyridine rings is 1.